The van der Waals surface area contributed by atoms with E-state index in [1.54, 1.807) is 6.07 Å². The number of rotatable bonds is 1. The summed E-state index contributed by atoms with van der Waals surface area (Å²) in [6.07, 6.45) is 3.91. The van der Waals surface area contributed by atoms with Crippen LogP contribution in [0.1, 0.15) is 44.9 Å². The van der Waals surface area contributed by atoms with Crippen LogP contribution in [0.25, 0.3) is 11.0 Å². The molecule has 1 N–H and O–H groups in total. The molecule has 3 aliphatic heterocycles. The first kappa shape index (κ1) is 13.8. The van der Waals surface area contributed by atoms with Crippen LogP contribution in [0, 0.1) is 11.3 Å². The van der Waals surface area contributed by atoms with Crippen molar-refractivity contribution >= 4 is 11.0 Å². The molecule has 1 aromatic heterocycles. The van der Waals surface area contributed by atoms with Crippen molar-refractivity contribution in [1.82, 2.24) is 14.5 Å². The molecule has 3 fully saturated rings. The van der Waals surface area contributed by atoms with Crippen LogP contribution in [0.15, 0.2) is 18.2 Å². The van der Waals surface area contributed by atoms with E-state index in [1.165, 1.54) is 31.6 Å². The number of hydrogen-bond acceptors (Lipinski definition) is 3. The lowest BCUT2D eigenvalue weighted by molar-refractivity contribution is -0.0679. The lowest BCUT2D eigenvalue weighted by Gasteiger charge is -2.58. The van der Waals surface area contributed by atoms with E-state index in [0.717, 1.165) is 30.0 Å². The maximum absolute atomic E-state index is 9.88. The molecule has 1 saturated carbocycles. The van der Waals surface area contributed by atoms with Crippen LogP contribution in [-0.2, 0) is 6.54 Å². The quantitative estimate of drug-likeness (QED) is 0.878. The molecule has 4 nitrogen and oxygen atoms in total. The Bertz CT molecular complexity index is 782. The van der Waals surface area contributed by atoms with Gasteiger partial charge in [-0.15, -0.1) is 0 Å². The van der Waals surface area contributed by atoms with Gasteiger partial charge in [-0.2, -0.15) is 0 Å². The Morgan fingerprint density at radius 2 is 2.22 bits per heavy atom. The van der Waals surface area contributed by atoms with E-state index in [-0.39, 0.29) is 0 Å². The summed E-state index contributed by atoms with van der Waals surface area (Å²) in [6, 6.07) is 6.23. The van der Waals surface area contributed by atoms with Crippen molar-refractivity contribution in [1.29, 1.82) is 0 Å². The van der Waals surface area contributed by atoms with Crippen molar-refractivity contribution in [3.8, 4) is 5.75 Å². The molecule has 0 amide bonds. The topological polar surface area (TPSA) is 41.3 Å². The van der Waals surface area contributed by atoms with Crippen LogP contribution in [0.2, 0.25) is 0 Å². The van der Waals surface area contributed by atoms with Crippen molar-refractivity contribution in [2.45, 2.75) is 51.6 Å². The lowest BCUT2D eigenvalue weighted by atomic mass is 9.58. The van der Waals surface area contributed by atoms with Crippen molar-refractivity contribution in [3.63, 3.8) is 0 Å². The average molecular weight is 311 g/mol. The first-order valence-electron chi connectivity index (χ1n) is 9.02. The number of aromatic nitrogens is 2. The summed E-state index contributed by atoms with van der Waals surface area (Å²) in [5.41, 5.74) is 2.55. The smallest absolute Gasteiger partial charge is 0.117 e. The van der Waals surface area contributed by atoms with E-state index < -0.39 is 0 Å². The zero-order chi connectivity index (χ0) is 15.8. The van der Waals surface area contributed by atoms with Gasteiger partial charge in [0.1, 0.15) is 11.6 Å². The Balaban J connectivity index is 1.70. The molecule has 5 atom stereocenters. The number of nitrogens with zero attached hydrogens (tertiary/aromatic N) is 3. The van der Waals surface area contributed by atoms with Gasteiger partial charge in [-0.3, -0.25) is 4.90 Å². The van der Waals surface area contributed by atoms with Crippen LogP contribution >= 0.6 is 0 Å². The van der Waals surface area contributed by atoms with E-state index in [0.29, 0.717) is 23.1 Å². The molecule has 23 heavy (non-hydrogen) atoms. The largest absolute Gasteiger partial charge is 0.508 e. The van der Waals surface area contributed by atoms with Crippen molar-refractivity contribution in [2.75, 3.05) is 13.1 Å². The van der Waals surface area contributed by atoms with Crippen LogP contribution in [0.5, 0.6) is 5.75 Å². The molecule has 2 aromatic rings. The summed E-state index contributed by atoms with van der Waals surface area (Å²) in [5, 5.41) is 9.88. The highest BCUT2D eigenvalue weighted by molar-refractivity contribution is 5.78. The monoisotopic (exact) mass is 311 g/mol. The number of phenols is 1. The van der Waals surface area contributed by atoms with Gasteiger partial charge in [0, 0.05) is 37.7 Å². The Hall–Kier alpha value is -1.55. The molecule has 2 saturated heterocycles. The Labute approximate surface area is 137 Å². The van der Waals surface area contributed by atoms with E-state index in [4.69, 9.17) is 4.98 Å². The van der Waals surface area contributed by atoms with Gasteiger partial charge in [0.15, 0.2) is 0 Å². The van der Waals surface area contributed by atoms with Crippen molar-refractivity contribution < 1.29 is 5.11 Å². The van der Waals surface area contributed by atoms with E-state index in [1.807, 2.05) is 12.1 Å². The van der Waals surface area contributed by atoms with Gasteiger partial charge in [0.25, 0.3) is 0 Å². The van der Waals surface area contributed by atoms with Crippen molar-refractivity contribution in [2.24, 2.45) is 11.3 Å². The number of aromatic hydroxyl groups is 1. The maximum atomic E-state index is 9.88. The molecule has 4 heterocycles. The normalized spacial score (nSPS) is 38.5. The summed E-state index contributed by atoms with van der Waals surface area (Å²) in [7, 11) is 0. The molecule has 1 aliphatic carbocycles. The molecule has 122 valence electrons. The second-order valence-electron chi connectivity index (χ2n) is 8.15. The number of fused-ring (bicyclic) bond motifs is 4. The van der Waals surface area contributed by atoms with Gasteiger partial charge >= 0.3 is 0 Å². The first-order valence-corrected chi connectivity index (χ1v) is 9.02. The zero-order valence-electron chi connectivity index (χ0n) is 14.0. The highest BCUT2D eigenvalue weighted by Gasteiger charge is 2.54. The van der Waals surface area contributed by atoms with Crippen molar-refractivity contribution in [3.05, 3.63) is 24.0 Å². The Kier molecular flexibility index (Phi) is 2.71. The summed E-state index contributed by atoms with van der Waals surface area (Å²) >= 11 is 0. The molecule has 1 aromatic carbocycles. The highest BCUT2D eigenvalue weighted by atomic mass is 16.3. The van der Waals surface area contributed by atoms with Crippen LogP contribution in [0.4, 0.5) is 0 Å². The predicted molar refractivity (Wildman–Crippen MR) is 90.6 cm³/mol. The van der Waals surface area contributed by atoms with Crippen LogP contribution in [0.3, 0.4) is 0 Å². The standard InChI is InChI=1S/C19H25N3O/c1-3-19(2)10-12-8-14-17(19)21(11-12)6-7-22-16-9-13(23)4-5-15(16)20-18(14)22/h4-5,9,12,14,17,23H,3,6-8,10-11H2,1-2H3. The van der Waals surface area contributed by atoms with Crippen LogP contribution < -0.4 is 0 Å². The zero-order valence-corrected chi connectivity index (χ0v) is 14.0. The number of piperidine rings is 2. The fourth-order valence-electron chi connectivity index (χ4n) is 5.82. The third-order valence-electron chi connectivity index (χ3n) is 6.84. The molecular formula is C19H25N3O. The minimum atomic E-state index is 0.340. The number of hydrogen-bond donors (Lipinski definition) is 1. The number of benzene rings is 1. The fourth-order valence-corrected chi connectivity index (χ4v) is 5.82. The molecular weight excluding hydrogens is 286 g/mol. The summed E-state index contributed by atoms with van der Waals surface area (Å²) in [6.45, 7) is 8.23. The van der Waals surface area contributed by atoms with Gasteiger partial charge in [0.05, 0.1) is 11.0 Å². The second-order valence-corrected chi connectivity index (χ2v) is 8.15. The average Bonchev–Trinajstić information content (AvgIpc) is 2.85. The van der Waals surface area contributed by atoms with Gasteiger partial charge in [-0.25, -0.2) is 4.98 Å². The summed E-state index contributed by atoms with van der Waals surface area (Å²) < 4.78 is 2.39. The fraction of sp³-hybridized carbons (Fsp3) is 0.632. The molecule has 0 spiro atoms. The van der Waals surface area contributed by atoms with E-state index in [9.17, 15) is 5.11 Å². The maximum Gasteiger partial charge on any atom is 0.117 e. The predicted octanol–water partition coefficient (Wildman–Crippen LogP) is 3.35. The SMILES string of the molecule is CCC1(C)CC2CC3c4nc5ccc(O)cc5n4CCN(C2)C31. The van der Waals surface area contributed by atoms with E-state index >= 15 is 0 Å². The van der Waals surface area contributed by atoms with Crippen LogP contribution in [-0.4, -0.2) is 38.7 Å². The Morgan fingerprint density at radius 1 is 1.35 bits per heavy atom. The molecule has 4 bridgehead atoms. The summed E-state index contributed by atoms with van der Waals surface area (Å²) in [4.78, 5) is 7.76. The van der Waals surface area contributed by atoms with Gasteiger partial charge in [0.2, 0.25) is 0 Å². The summed E-state index contributed by atoms with van der Waals surface area (Å²) in [5.74, 6) is 2.97. The lowest BCUT2D eigenvalue weighted by Crippen LogP contribution is -2.60. The third-order valence-corrected chi connectivity index (χ3v) is 6.84. The molecule has 5 unspecified atom stereocenters. The second kappa shape index (κ2) is 4.50. The molecule has 4 aliphatic rings. The van der Waals surface area contributed by atoms with Gasteiger partial charge in [-0.1, -0.05) is 13.8 Å². The Morgan fingerprint density at radius 3 is 3.04 bits per heavy atom. The molecule has 4 heteroatoms. The molecule has 6 rings (SSSR count). The third kappa shape index (κ3) is 1.78. The van der Waals surface area contributed by atoms with Gasteiger partial charge in [-0.05, 0) is 42.7 Å². The first-order chi connectivity index (χ1) is 11.1. The number of phenolic OH excluding ortho intramolecular Hbond substituents is 1. The number of imidazole rings is 1. The molecule has 0 radical (unpaired) electrons. The van der Waals surface area contributed by atoms with E-state index in [2.05, 4.69) is 23.3 Å². The van der Waals surface area contributed by atoms with Gasteiger partial charge < -0.3 is 9.67 Å². The minimum Gasteiger partial charge on any atom is -0.508 e. The highest BCUT2D eigenvalue weighted by Crippen LogP contribution is 2.55. The minimum absolute atomic E-state index is 0.340.